The molecule has 3 heterocycles. The second kappa shape index (κ2) is 9.42. The minimum Gasteiger partial charge on any atom is -0.361 e. The Hall–Kier alpha value is -1.37. The number of nitrogens with zero attached hydrogens (tertiary/aromatic N) is 5. The van der Waals surface area contributed by atoms with Gasteiger partial charge in [0.2, 0.25) is 0 Å². The molecule has 0 aromatic carbocycles. The predicted molar refractivity (Wildman–Crippen MR) is 113 cm³/mol. The van der Waals surface area contributed by atoms with Crippen molar-refractivity contribution in [2.75, 3.05) is 26.7 Å². The van der Waals surface area contributed by atoms with Crippen molar-refractivity contribution in [3.63, 3.8) is 0 Å². The summed E-state index contributed by atoms with van der Waals surface area (Å²) in [6.07, 6.45) is 5.02. The SMILES string of the molecule is Cc1cc(-c2nn(C)c(Cl)c2CN2CCCCC(N(C)CCC(C)C)C2)no1. The van der Waals surface area contributed by atoms with Gasteiger partial charge in [0.1, 0.15) is 22.3 Å². The van der Waals surface area contributed by atoms with Crippen LogP contribution in [0.3, 0.4) is 0 Å². The van der Waals surface area contributed by atoms with E-state index in [1.165, 1.54) is 25.7 Å². The van der Waals surface area contributed by atoms with E-state index in [1.54, 1.807) is 4.68 Å². The standard InChI is InChI=1S/C21H34ClN5O/c1-15(2)9-11-25(4)17-8-6-7-10-27(13-17)14-18-20(23-26(5)21(18)22)19-12-16(3)28-24-19/h12,15,17H,6-11,13-14H2,1-5H3. The van der Waals surface area contributed by atoms with Gasteiger partial charge in [0.15, 0.2) is 0 Å². The van der Waals surface area contributed by atoms with Crippen molar-refractivity contribution in [2.24, 2.45) is 13.0 Å². The maximum Gasteiger partial charge on any atom is 0.134 e. The molecule has 0 bridgehead atoms. The number of hydrogen-bond acceptors (Lipinski definition) is 5. The molecule has 1 aliphatic rings. The lowest BCUT2D eigenvalue weighted by Gasteiger charge is -2.31. The number of aryl methyl sites for hydroxylation is 2. The largest absolute Gasteiger partial charge is 0.361 e. The van der Waals surface area contributed by atoms with Gasteiger partial charge in [-0.1, -0.05) is 37.0 Å². The van der Waals surface area contributed by atoms with Crippen LogP contribution in [0.1, 0.15) is 50.9 Å². The Morgan fingerprint density at radius 2 is 2.14 bits per heavy atom. The highest BCUT2D eigenvalue weighted by Crippen LogP contribution is 2.30. The molecule has 0 amide bonds. The zero-order chi connectivity index (χ0) is 20.3. The van der Waals surface area contributed by atoms with Crippen molar-refractivity contribution >= 4 is 11.6 Å². The van der Waals surface area contributed by atoms with E-state index >= 15 is 0 Å². The number of likely N-dealkylation sites (tertiary alicyclic amines) is 1. The van der Waals surface area contributed by atoms with Crippen LogP contribution in [0.15, 0.2) is 10.6 Å². The van der Waals surface area contributed by atoms with Gasteiger partial charge in [-0.25, -0.2) is 0 Å². The maximum absolute atomic E-state index is 6.62. The van der Waals surface area contributed by atoms with Gasteiger partial charge in [-0.15, -0.1) is 0 Å². The van der Waals surface area contributed by atoms with Crippen LogP contribution in [-0.4, -0.2) is 57.5 Å². The van der Waals surface area contributed by atoms with Crippen LogP contribution in [0.25, 0.3) is 11.4 Å². The van der Waals surface area contributed by atoms with Gasteiger partial charge in [-0.3, -0.25) is 9.58 Å². The summed E-state index contributed by atoms with van der Waals surface area (Å²) in [6, 6.07) is 2.52. The summed E-state index contributed by atoms with van der Waals surface area (Å²) >= 11 is 6.62. The zero-order valence-electron chi connectivity index (χ0n) is 17.9. The summed E-state index contributed by atoms with van der Waals surface area (Å²) in [4.78, 5) is 5.08. The molecule has 1 atom stereocenters. The van der Waals surface area contributed by atoms with Crippen LogP contribution < -0.4 is 0 Å². The van der Waals surface area contributed by atoms with Crippen LogP contribution in [0.5, 0.6) is 0 Å². The average Bonchev–Trinajstić information content (AvgIpc) is 3.09. The van der Waals surface area contributed by atoms with Crippen LogP contribution in [-0.2, 0) is 13.6 Å². The highest BCUT2D eigenvalue weighted by molar-refractivity contribution is 6.30. The minimum absolute atomic E-state index is 0.592. The van der Waals surface area contributed by atoms with E-state index in [-0.39, 0.29) is 0 Å². The molecule has 0 saturated carbocycles. The third kappa shape index (κ3) is 5.16. The van der Waals surface area contributed by atoms with Crippen molar-refractivity contribution in [3.05, 3.63) is 22.5 Å². The molecule has 28 heavy (non-hydrogen) atoms. The molecule has 0 radical (unpaired) electrons. The fraction of sp³-hybridized carbons (Fsp3) is 0.714. The first-order chi connectivity index (χ1) is 13.3. The van der Waals surface area contributed by atoms with E-state index in [2.05, 4.69) is 41.0 Å². The van der Waals surface area contributed by atoms with Crippen molar-refractivity contribution < 1.29 is 4.52 Å². The van der Waals surface area contributed by atoms with Gasteiger partial charge in [0.05, 0.1) is 0 Å². The molecule has 2 aromatic rings. The second-order valence-electron chi connectivity index (χ2n) is 8.61. The molecule has 0 N–H and O–H groups in total. The molecule has 3 rings (SSSR count). The first-order valence-corrected chi connectivity index (χ1v) is 10.8. The summed E-state index contributed by atoms with van der Waals surface area (Å²) in [6.45, 7) is 10.6. The van der Waals surface area contributed by atoms with Crippen LogP contribution in [0.2, 0.25) is 5.15 Å². The zero-order valence-corrected chi connectivity index (χ0v) is 18.7. The lowest BCUT2D eigenvalue weighted by atomic mass is 10.1. The lowest BCUT2D eigenvalue weighted by Crippen LogP contribution is -2.41. The summed E-state index contributed by atoms with van der Waals surface area (Å²) in [5.41, 5.74) is 2.64. The van der Waals surface area contributed by atoms with Gasteiger partial charge in [-0.2, -0.15) is 5.10 Å². The monoisotopic (exact) mass is 407 g/mol. The van der Waals surface area contributed by atoms with Gasteiger partial charge < -0.3 is 9.42 Å². The molecular formula is C21H34ClN5O. The molecule has 2 aromatic heterocycles. The Kier molecular flexibility index (Phi) is 7.18. The summed E-state index contributed by atoms with van der Waals surface area (Å²) < 4.78 is 7.00. The fourth-order valence-electron chi connectivity index (χ4n) is 3.94. The van der Waals surface area contributed by atoms with Crippen LogP contribution in [0.4, 0.5) is 0 Å². The number of rotatable bonds is 7. The van der Waals surface area contributed by atoms with Crippen molar-refractivity contribution in [3.8, 4) is 11.4 Å². The first-order valence-electron chi connectivity index (χ1n) is 10.4. The number of halogens is 1. The molecule has 1 saturated heterocycles. The molecule has 1 unspecified atom stereocenters. The fourth-order valence-corrected chi connectivity index (χ4v) is 4.13. The minimum atomic E-state index is 0.592. The maximum atomic E-state index is 6.62. The molecule has 1 aliphatic heterocycles. The Morgan fingerprint density at radius 1 is 1.36 bits per heavy atom. The number of likely N-dealkylation sites (N-methyl/N-ethyl adjacent to an activating group) is 1. The van der Waals surface area contributed by atoms with Gasteiger partial charge >= 0.3 is 0 Å². The molecule has 0 spiro atoms. The van der Waals surface area contributed by atoms with E-state index in [4.69, 9.17) is 16.1 Å². The van der Waals surface area contributed by atoms with Crippen molar-refractivity contribution in [1.82, 2.24) is 24.7 Å². The topological polar surface area (TPSA) is 50.3 Å². The molecular weight excluding hydrogens is 374 g/mol. The van der Waals surface area contributed by atoms with Crippen molar-refractivity contribution in [2.45, 2.75) is 59.0 Å². The third-order valence-electron chi connectivity index (χ3n) is 5.73. The number of aromatic nitrogens is 3. The van der Waals surface area contributed by atoms with Crippen molar-refractivity contribution in [1.29, 1.82) is 0 Å². The molecule has 156 valence electrons. The Balaban J connectivity index is 1.75. The van der Waals surface area contributed by atoms with E-state index in [1.807, 2.05) is 20.0 Å². The van der Waals surface area contributed by atoms with E-state index in [9.17, 15) is 0 Å². The van der Waals surface area contributed by atoms with Gasteiger partial charge in [0.25, 0.3) is 0 Å². The average molecular weight is 408 g/mol. The first kappa shape index (κ1) is 21.3. The second-order valence-corrected chi connectivity index (χ2v) is 8.97. The van der Waals surface area contributed by atoms with Gasteiger partial charge in [0, 0.05) is 37.8 Å². The van der Waals surface area contributed by atoms with Crippen LogP contribution in [0, 0.1) is 12.8 Å². The summed E-state index contributed by atoms with van der Waals surface area (Å²) in [5.74, 6) is 1.52. The highest BCUT2D eigenvalue weighted by atomic mass is 35.5. The molecule has 6 nitrogen and oxygen atoms in total. The normalized spacial score (nSPS) is 18.9. The smallest absolute Gasteiger partial charge is 0.134 e. The van der Waals surface area contributed by atoms with E-state index in [0.717, 1.165) is 54.8 Å². The molecule has 1 fully saturated rings. The van der Waals surface area contributed by atoms with E-state index < -0.39 is 0 Å². The highest BCUT2D eigenvalue weighted by Gasteiger charge is 2.25. The summed E-state index contributed by atoms with van der Waals surface area (Å²) in [7, 11) is 4.16. The predicted octanol–water partition coefficient (Wildman–Crippen LogP) is 4.37. The Bertz CT molecular complexity index is 769. The van der Waals surface area contributed by atoms with E-state index in [0.29, 0.717) is 11.2 Å². The quantitative estimate of drug-likeness (QED) is 0.682. The Morgan fingerprint density at radius 3 is 2.82 bits per heavy atom. The van der Waals surface area contributed by atoms with Crippen LogP contribution >= 0.6 is 11.6 Å². The Labute approximate surface area is 173 Å². The molecule has 7 heteroatoms. The number of hydrogen-bond donors (Lipinski definition) is 0. The lowest BCUT2D eigenvalue weighted by molar-refractivity contribution is 0.162. The third-order valence-corrected chi connectivity index (χ3v) is 6.21. The van der Waals surface area contributed by atoms with Gasteiger partial charge in [-0.05, 0) is 52.2 Å². The summed E-state index contributed by atoms with van der Waals surface area (Å²) in [5, 5.41) is 9.46. The molecule has 0 aliphatic carbocycles.